The zero-order valence-electron chi connectivity index (χ0n) is 12.6. The van der Waals surface area contributed by atoms with Crippen molar-refractivity contribution in [3.05, 3.63) is 49.1 Å². The predicted molar refractivity (Wildman–Crippen MR) is 92.4 cm³/mol. The van der Waals surface area contributed by atoms with Crippen molar-refractivity contribution >= 4 is 27.3 Å². The normalized spacial score (nSPS) is 14.9. The van der Waals surface area contributed by atoms with Gasteiger partial charge in [-0.25, -0.2) is 0 Å². The molecule has 0 bridgehead atoms. The third kappa shape index (κ3) is 3.17. The van der Waals surface area contributed by atoms with Crippen molar-refractivity contribution in [1.82, 2.24) is 5.32 Å². The van der Waals surface area contributed by atoms with Gasteiger partial charge in [0.25, 0.3) is 0 Å². The standard InChI is InChI=1S/C17H20BrNOS/c1-10-6-16(12(3)21-10)11(2)19-9-14-8-15(18)7-13-4-5-20-17(13)14/h6-8,11,19H,4-5,9H2,1-3H3. The van der Waals surface area contributed by atoms with Gasteiger partial charge >= 0.3 is 0 Å². The van der Waals surface area contributed by atoms with E-state index < -0.39 is 0 Å². The average Bonchev–Trinajstić information content (AvgIpc) is 3.01. The van der Waals surface area contributed by atoms with Crippen molar-refractivity contribution in [2.75, 3.05) is 6.61 Å². The topological polar surface area (TPSA) is 21.3 Å². The maximum absolute atomic E-state index is 5.79. The molecule has 2 heterocycles. The van der Waals surface area contributed by atoms with Crippen molar-refractivity contribution in [2.45, 2.75) is 39.8 Å². The highest BCUT2D eigenvalue weighted by Gasteiger charge is 2.18. The summed E-state index contributed by atoms with van der Waals surface area (Å²) < 4.78 is 6.93. The lowest BCUT2D eigenvalue weighted by Crippen LogP contribution is -2.18. The van der Waals surface area contributed by atoms with E-state index in [2.05, 4.69) is 60.2 Å². The molecule has 1 unspecified atom stereocenters. The number of rotatable bonds is 4. The van der Waals surface area contributed by atoms with Gasteiger partial charge in [0.2, 0.25) is 0 Å². The smallest absolute Gasteiger partial charge is 0.127 e. The van der Waals surface area contributed by atoms with Crippen LogP contribution in [0.15, 0.2) is 22.7 Å². The van der Waals surface area contributed by atoms with Gasteiger partial charge in [0.05, 0.1) is 6.61 Å². The van der Waals surface area contributed by atoms with E-state index in [1.54, 1.807) is 0 Å². The molecule has 0 fully saturated rings. The zero-order valence-corrected chi connectivity index (χ0v) is 15.0. The van der Waals surface area contributed by atoms with Crippen molar-refractivity contribution in [2.24, 2.45) is 0 Å². The second kappa shape index (κ2) is 6.11. The lowest BCUT2D eigenvalue weighted by molar-refractivity contribution is 0.351. The molecular formula is C17H20BrNOS. The van der Waals surface area contributed by atoms with Crippen LogP contribution in [0.4, 0.5) is 0 Å². The van der Waals surface area contributed by atoms with Gasteiger partial charge in [-0.1, -0.05) is 15.9 Å². The first-order valence-electron chi connectivity index (χ1n) is 7.29. The Morgan fingerprint density at radius 1 is 1.33 bits per heavy atom. The SMILES string of the molecule is Cc1cc(C(C)NCc2cc(Br)cc3c2OCC3)c(C)s1. The maximum Gasteiger partial charge on any atom is 0.127 e. The van der Waals surface area contributed by atoms with Gasteiger partial charge in [0.1, 0.15) is 5.75 Å². The van der Waals surface area contributed by atoms with Gasteiger partial charge in [-0.3, -0.25) is 0 Å². The summed E-state index contributed by atoms with van der Waals surface area (Å²) >= 11 is 5.47. The molecule has 0 saturated carbocycles. The van der Waals surface area contributed by atoms with Gasteiger partial charge in [0.15, 0.2) is 0 Å². The summed E-state index contributed by atoms with van der Waals surface area (Å²) in [5.74, 6) is 1.08. The first-order valence-corrected chi connectivity index (χ1v) is 8.90. The molecule has 1 aliphatic heterocycles. The Kier molecular flexibility index (Phi) is 4.38. The number of thiophene rings is 1. The molecule has 0 radical (unpaired) electrons. The summed E-state index contributed by atoms with van der Waals surface area (Å²) in [5.41, 5.74) is 3.97. The minimum atomic E-state index is 0.353. The zero-order chi connectivity index (χ0) is 15.0. The summed E-state index contributed by atoms with van der Waals surface area (Å²) in [6.45, 7) is 8.23. The van der Waals surface area contributed by atoms with Crippen LogP contribution in [0, 0.1) is 13.8 Å². The number of nitrogens with one attached hydrogen (secondary N) is 1. The molecule has 0 amide bonds. The Hall–Kier alpha value is -0.840. The molecule has 2 nitrogen and oxygen atoms in total. The van der Waals surface area contributed by atoms with E-state index in [-0.39, 0.29) is 0 Å². The first kappa shape index (κ1) is 15.1. The van der Waals surface area contributed by atoms with Crippen molar-refractivity contribution in [1.29, 1.82) is 0 Å². The monoisotopic (exact) mass is 365 g/mol. The highest BCUT2D eigenvalue weighted by molar-refractivity contribution is 9.10. The summed E-state index contributed by atoms with van der Waals surface area (Å²) in [5, 5.41) is 3.63. The van der Waals surface area contributed by atoms with E-state index in [0.29, 0.717) is 6.04 Å². The Morgan fingerprint density at radius 2 is 2.14 bits per heavy atom. The molecule has 1 aliphatic rings. The van der Waals surface area contributed by atoms with E-state index in [1.807, 2.05) is 11.3 Å². The summed E-state index contributed by atoms with van der Waals surface area (Å²) in [6, 6.07) is 6.97. The van der Waals surface area contributed by atoms with E-state index in [0.717, 1.165) is 29.8 Å². The van der Waals surface area contributed by atoms with Crippen LogP contribution in [-0.4, -0.2) is 6.61 Å². The maximum atomic E-state index is 5.79. The highest BCUT2D eigenvalue weighted by atomic mass is 79.9. The van der Waals surface area contributed by atoms with Gasteiger partial charge < -0.3 is 10.1 Å². The van der Waals surface area contributed by atoms with Crippen LogP contribution in [0.1, 0.15) is 39.4 Å². The van der Waals surface area contributed by atoms with E-state index >= 15 is 0 Å². The van der Waals surface area contributed by atoms with Gasteiger partial charge in [0, 0.05) is 38.8 Å². The molecule has 3 rings (SSSR count). The van der Waals surface area contributed by atoms with Crippen LogP contribution >= 0.6 is 27.3 Å². The third-order valence-electron chi connectivity index (χ3n) is 3.97. The molecule has 1 N–H and O–H groups in total. The van der Waals surface area contributed by atoms with Crippen LogP contribution in [-0.2, 0) is 13.0 Å². The van der Waals surface area contributed by atoms with Crippen molar-refractivity contribution in [3.8, 4) is 5.75 Å². The molecule has 0 aliphatic carbocycles. The van der Waals surface area contributed by atoms with Crippen LogP contribution in [0.25, 0.3) is 0 Å². The highest BCUT2D eigenvalue weighted by Crippen LogP contribution is 2.33. The lowest BCUT2D eigenvalue weighted by Gasteiger charge is -2.16. The number of ether oxygens (including phenoxy) is 1. The van der Waals surface area contributed by atoms with E-state index in [4.69, 9.17) is 4.74 Å². The number of halogens is 1. The molecule has 2 aromatic rings. The number of fused-ring (bicyclic) bond motifs is 1. The van der Waals surface area contributed by atoms with Crippen LogP contribution in [0.2, 0.25) is 0 Å². The van der Waals surface area contributed by atoms with Gasteiger partial charge in [-0.15, -0.1) is 11.3 Å². The van der Waals surface area contributed by atoms with E-state index in [1.165, 1.54) is 26.4 Å². The fourth-order valence-corrected chi connectivity index (χ4v) is 4.51. The second-order valence-corrected chi connectivity index (χ2v) is 8.00. The number of benzene rings is 1. The Morgan fingerprint density at radius 3 is 2.86 bits per heavy atom. The van der Waals surface area contributed by atoms with Crippen LogP contribution in [0.3, 0.4) is 0 Å². The van der Waals surface area contributed by atoms with Crippen LogP contribution in [0.5, 0.6) is 5.75 Å². The number of hydrogen-bond donors (Lipinski definition) is 1. The fraction of sp³-hybridized carbons (Fsp3) is 0.412. The molecule has 1 aromatic carbocycles. The van der Waals surface area contributed by atoms with Crippen LogP contribution < -0.4 is 10.1 Å². The van der Waals surface area contributed by atoms with E-state index in [9.17, 15) is 0 Å². The Labute approximate surface area is 138 Å². The third-order valence-corrected chi connectivity index (χ3v) is 5.41. The summed E-state index contributed by atoms with van der Waals surface area (Å²) in [7, 11) is 0. The molecule has 1 atom stereocenters. The molecule has 21 heavy (non-hydrogen) atoms. The lowest BCUT2D eigenvalue weighted by atomic mass is 10.1. The molecule has 4 heteroatoms. The number of aryl methyl sites for hydroxylation is 2. The summed E-state index contributed by atoms with van der Waals surface area (Å²) in [6.07, 6.45) is 1.01. The molecule has 0 spiro atoms. The first-order chi connectivity index (χ1) is 10.0. The molecular weight excluding hydrogens is 346 g/mol. The Balaban J connectivity index is 1.75. The molecule has 0 saturated heterocycles. The quantitative estimate of drug-likeness (QED) is 0.830. The Bertz CT molecular complexity index is 665. The summed E-state index contributed by atoms with van der Waals surface area (Å²) in [4.78, 5) is 2.78. The predicted octanol–water partition coefficient (Wildman–Crippen LogP) is 4.91. The minimum absolute atomic E-state index is 0.353. The van der Waals surface area contributed by atoms with Gasteiger partial charge in [-0.05, 0) is 50.1 Å². The van der Waals surface area contributed by atoms with Crippen molar-refractivity contribution < 1.29 is 4.74 Å². The largest absolute Gasteiger partial charge is 0.493 e. The van der Waals surface area contributed by atoms with Gasteiger partial charge in [-0.2, -0.15) is 0 Å². The molecule has 112 valence electrons. The van der Waals surface area contributed by atoms with Crippen molar-refractivity contribution in [3.63, 3.8) is 0 Å². The molecule has 1 aromatic heterocycles. The second-order valence-electron chi connectivity index (χ2n) is 5.62. The number of hydrogen-bond acceptors (Lipinski definition) is 3. The fourth-order valence-electron chi connectivity index (χ4n) is 2.93. The average molecular weight is 366 g/mol. The minimum Gasteiger partial charge on any atom is -0.493 e.